The molecule has 0 saturated heterocycles. The van der Waals surface area contributed by atoms with E-state index in [1.54, 1.807) is 0 Å². The van der Waals surface area contributed by atoms with E-state index in [0.717, 1.165) is 6.07 Å². The Morgan fingerprint density at radius 2 is 2.18 bits per heavy atom. The minimum Gasteiger partial charge on any atom is -0.469 e. The number of hydrogen-bond donors (Lipinski definition) is 1. The number of esters is 1. The minimum absolute atomic E-state index is 0.0320. The van der Waals surface area contributed by atoms with Crippen molar-refractivity contribution in [3.8, 4) is 0 Å². The van der Waals surface area contributed by atoms with Crippen LogP contribution >= 0.6 is 0 Å². The molecule has 34 heavy (non-hydrogen) atoms. The first-order chi connectivity index (χ1) is 16.2. The van der Waals surface area contributed by atoms with Crippen LogP contribution < -0.4 is 5.32 Å². The van der Waals surface area contributed by atoms with Crippen LogP contribution in [0.1, 0.15) is 42.6 Å². The number of carbonyl (C=O) groups excluding carboxylic acids is 2. The highest BCUT2D eigenvalue weighted by Gasteiger charge is 2.43. The molecule has 0 aliphatic carbocycles. The molecule has 4 rings (SSSR count). The molecule has 1 N–H and O–H groups in total. The molecule has 0 spiro atoms. The van der Waals surface area contributed by atoms with Crippen LogP contribution in [0.4, 0.5) is 29.3 Å². The molecule has 3 heterocycles. The van der Waals surface area contributed by atoms with Gasteiger partial charge in [0.25, 0.3) is 5.92 Å². The molecule has 0 bridgehead atoms. The van der Waals surface area contributed by atoms with Gasteiger partial charge in [-0.3, -0.25) is 9.48 Å². The number of urea groups is 1. The summed E-state index contributed by atoms with van der Waals surface area (Å²) in [5, 5.41) is 7.05. The molecule has 1 aromatic heterocycles. The summed E-state index contributed by atoms with van der Waals surface area (Å²) in [5.41, 5.74) is 0.751. The lowest BCUT2D eigenvalue weighted by Gasteiger charge is -2.28. The monoisotopic (exact) mass is 475 g/mol. The molecule has 8 nitrogen and oxygen atoms in total. The third-order valence-corrected chi connectivity index (χ3v) is 6.33. The molecule has 2 amide bonds. The van der Waals surface area contributed by atoms with Gasteiger partial charge < -0.3 is 15.0 Å². The van der Waals surface area contributed by atoms with Crippen molar-refractivity contribution in [2.24, 2.45) is 5.92 Å². The molecule has 1 unspecified atom stereocenters. The van der Waals surface area contributed by atoms with Gasteiger partial charge in [-0.05, 0) is 37.0 Å². The fraction of sp³-hybridized carbons (Fsp3) is 0.478. The zero-order chi connectivity index (χ0) is 24.5. The fourth-order valence-corrected chi connectivity index (χ4v) is 4.52. The molecule has 0 saturated carbocycles. The first kappa shape index (κ1) is 23.6. The topological polar surface area (TPSA) is 80.8 Å². The van der Waals surface area contributed by atoms with E-state index in [9.17, 15) is 14.0 Å². The van der Waals surface area contributed by atoms with Crippen LogP contribution in [0.25, 0.3) is 4.85 Å². The summed E-state index contributed by atoms with van der Waals surface area (Å²) in [6.07, 6.45) is 0.807. The van der Waals surface area contributed by atoms with Crippen LogP contribution in [0.5, 0.6) is 0 Å². The number of hydrogen-bond acceptors (Lipinski definition) is 4. The average molecular weight is 475 g/mol. The van der Waals surface area contributed by atoms with Gasteiger partial charge >= 0.3 is 12.0 Å². The lowest BCUT2D eigenvalue weighted by molar-refractivity contribution is -0.141. The summed E-state index contributed by atoms with van der Waals surface area (Å²) < 4.78 is 49.9. The molecule has 2 aliphatic heterocycles. The molecule has 2 aromatic rings. The highest BCUT2D eigenvalue weighted by atomic mass is 19.3. The van der Waals surface area contributed by atoms with E-state index in [0.29, 0.717) is 24.1 Å². The van der Waals surface area contributed by atoms with Crippen molar-refractivity contribution < 1.29 is 27.5 Å². The second-order valence-corrected chi connectivity index (χ2v) is 8.56. The number of methoxy groups -OCH3 is 1. The quantitative estimate of drug-likeness (QED) is 0.517. The number of ether oxygens (including phenoxy) is 1. The molecule has 2 aliphatic rings. The Hall–Kier alpha value is -3.55. The van der Waals surface area contributed by atoms with Crippen LogP contribution in [-0.4, -0.2) is 40.3 Å². The van der Waals surface area contributed by atoms with Crippen molar-refractivity contribution in [1.82, 2.24) is 14.7 Å². The first-order valence-corrected chi connectivity index (χ1v) is 11.0. The highest BCUT2D eigenvalue weighted by Crippen LogP contribution is 2.42. The van der Waals surface area contributed by atoms with Crippen molar-refractivity contribution >= 4 is 23.4 Å². The number of anilines is 1. The van der Waals surface area contributed by atoms with Crippen molar-refractivity contribution in [3.63, 3.8) is 0 Å². The van der Waals surface area contributed by atoms with E-state index in [-0.39, 0.29) is 67.9 Å². The largest absolute Gasteiger partial charge is 0.469 e. The molecule has 1 aromatic carbocycles. The molecule has 180 valence electrons. The third-order valence-electron chi connectivity index (χ3n) is 6.33. The summed E-state index contributed by atoms with van der Waals surface area (Å²) in [7, 11) is 1.30. The van der Waals surface area contributed by atoms with Gasteiger partial charge in [0.05, 0.1) is 25.9 Å². The highest BCUT2D eigenvalue weighted by molar-refractivity contribution is 5.90. The van der Waals surface area contributed by atoms with Gasteiger partial charge in [0.2, 0.25) is 5.69 Å². The lowest BCUT2D eigenvalue weighted by Crippen LogP contribution is -2.39. The minimum atomic E-state index is -3.11. The average Bonchev–Trinajstić information content (AvgIpc) is 3.13. The number of nitrogens with zero attached hydrogens (tertiary/aromatic N) is 4. The number of halogens is 3. The fourth-order valence-electron chi connectivity index (χ4n) is 4.52. The van der Waals surface area contributed by atoms with E-state index in [1.165, 1.54) is 28.8 Å². The summed E-state index contributed by atoms with van der Waals surface area (Å²) >= 11 is 0. The van der Waals surface area contributed by atoms with Crippen LogP contribution in [0.15, 0.2) is 18.2 Å². The Kier molecular flexibility index (Phi) is 6.50. The van der Waals surface area contributed by atoms with Crippen molar-refractivity contribution in [3.05, 3.63) is 52.4 Å². The summed E-state index contributed by atoms with van der Waals surface area (Å²) in [6, 6.07) is 3.13. The lowest BCUT2D eigenvalue weighted by atomic mass is 9.95. The zero-order valence-corrected chi connectivity index (χ0v) is 18.6. The molecule has 0 fully saturated rings. The Bertz CT molecular complexity index is 1160. The second kappa shape index (κ2) is 9.37. The zero-order valence-electron chi connectivity index (χ0n) is 18.6. The molecule has 1 atom stereocenters. The number of benzene rings is 1. The molecular formula is C23H24F3N5O3. The van der Waals surface area contributed by atoms with Gasteiger partial charge in [0.1, 0.15) is 11.5 Å². The number of aromatic nitrogens is 2. The Morgan fingerprint density at radius 3 is 2.91 bits per heavy atom. The first-order valence-electron chi connectivity index (χ1n) is 11.0. The van der Waals surface area contributed by atoms with E-state index in [2.05, 4.69) is 20.0 Å². The Balaban J connectivity index is 1.52. The smallest absolute Gasteiger partial charge is 0.322 e. The van der Waals surface area contributed by atoms with Gasteiger partial charge in [0, 0.05) is 43.6 Å². The van der Waals surface area contributed by atoms with Crippen LogP contribution in [0, 0.1) is 18.3 Å². The van der Waals surface area contributed by atoms with Gasteiger partial charge in [-0.15, -0.1) is 0 Å². The molecular weight excluding hydrogens is 451 g/mol. The number of rotatable bonds is 4. The SMILES string of the molecule is [C-]#[N+]c1cc(NC(=O)N2CCc3nn4c(c3C2)C(F)(F)CCC(CCC(=O)OC)C4)ccc1F. The summed E-state index contributed by atoms with van der Waals surface area (Å²) in [6.45, 7) is 7.52. The van der Waals surface area contributed by atoms with Crippen molar-refractivity contribution in [2.45, 2.75) is 51.1 Å². The number of nitrogens with one attached hydrogen (secondary N) is 1. The Morgan fingerprint density at radius 1 is 1.38 bits per heavy atom. The maximum atomic E-state index is 15.2. The van der Waals surface area contributed by atoms with Gasteiger partial charge in [-0.1, -0.05) is 0 Å². The van der Waals surface area contributed by atoms with Crippen LogP contribution in [0.2, 0.25) is 0 Å². The number of carbonyl (C=O) groups is 2. The van der Waals surface area contributed by atoms with Crippen molar-refractivity contribution in [1.29, 1.82) is 0 Å². The van der Waals surface area contributed by atoms with E-state index < -0.39 is 17.8 Å². The predicted molar refractivity (Wildman–Crippen MR) is 116 cm³/mol. The maximum Gasteiger partial charge on any atom is 0.322 e. The molecule has 0 radical (unpaired) electrons. The van der Waals surface area contributed by atoms with Crippen LogP contribution in [0.3, 0.4) is 0 Å². The van der Waals surface area contributed by atoms with Crippen molar-refractivity contribution in [2.75, 3.05) is 19.0 Å². The van der Waals surface area contributed by atoms with Gasteiger partial charge in [0.15, 0.2) is 0 Å². The van der Waals surface area contributed by atoms with Crippen LogP contribution in [-0.2, 0) is 35.0 Å². The normalized spacial score (nSPS) is 18.8. The van der Waals surface area contributed by atoms with E-state index in [1.807, 2.05) is 0 Å². The number of fused-ring (bicyclic) bond motifs is 3. The van der Waals surface area contributed by atoms with E-state index >= 15 is 8.78 Å². The second-order valence-electron chi connectivity index (χ2n) is 8.56. The predicted octanol–water partition coefficient (Wildman–Crippen LogP) is 4.62. The van der Waals surface area contributed by atoms with E-state index in [4.69, 9.17) is 6.57 Å². The maximum absolute atomic E-state index is 15.2. The molecule has 11 heteroatoms. The third kappa shape index (κ3) is 4.71. The summed E-state index contributed by atoms with van der Waals surface area (Å²) in [5.74, 6) is -4.31. The van der Waals surface area contributed by atoms with Gasteiger partial charge in [-0.2, -0.15) is 13.9 Å². The number of alkyl halides is 2. The summed E-state index contributed by atoms with van der Waals surface area (Å²) in [4.78, 5) is 28.8. The van der Waals surface area contributed by atoms with Gasteiger partial charge in [-0.25, -0.2) is 14.0 Å². The number of amides is 2. The standard InChI is InChI=1S/C23H24F3N5O3/c1-27-19-11-15(4-5-17(19)24)28-22(33)30-10-8-18-16(13-30)21-23(25,26)9-7-14(12-31(21)29-18)3-6-20(32)34-2/h4-5,11,14H,3,6-10,12-13H2,2H3,(H,28,33). The Labute approximate surface area is 194 Å².